The van der Waals surface area contributed by atoms with E-state index in [2.05, 4.69) is 6.07 Å². The van der Waals surface area contributed by atoms with Crippen LogP contribution in [0.1, 0.15) is 42.5 Å². The number of hydrogen-bond acceptors (Lipinski definition) is 7. The van der Waals surface area contributed by atoms with E-state index in [-0.39, 0.29) is 5.75 Å². The van der Waals surface area contributed by atoms with Crippen molar-refractivity contribution in [2.24, 2.45) is 23.7 Å². The molecule has 2 heterocycles. The Balaban J connectivity index is 1.45. The largest absolute Gasteiger partial charge is 0.524 e. The molecule has 174 valence electrons. The van der Waals surface area contributed by atoms with Gasteiger partial charge in [-0.2, -0.15) is 10.1 Å². The highest BCUT2D eigenvalue weighted by Crippen LogP contribution is 2.69. The van der Waals surface area contributed by atoms with Crippen molar-refractivity contribution in [3.8, 4) is 22.3 Å². The molecule has 5 aliphatic rings. The van der Waals surface area contributed by atoms with Crippen LogP contribution in [0.3, 0.4) is 0 Å². The summed E-state index contributed by atoms with van der Waals surface area (Å²) in [5, 5.41) is 9.17. The first-order valence-corrected chi connectivity index (χ1v) is 13.4. The molecule has 5 fully saturated rings. The Bertz CT molecular complexity index is 1170. The Kier molecular flexibility index (Phi) is 4.86. The van der Waals surface area contributed by atoms with Gasteiger partial charge in [0.2, 0.25) is 0 Å². The van der Waals surface area contributed by atoms with Gasteiger partial charge in [-0.1, -0.05) is 6.07 Å². The SMILES string of the molecule is COC1(c2ccc(-c3ccc(C#N)s3)c(OP(=O)(O)O)c2)OOC12C1CC3CC(C1)CC2C3. The predicted octanol–water partition coefficient (Wildman–Crippen LogP) is 4.71. The first kappa shape index (κ1) is 21.8. The topological polar surface area (TPSA) is 118 Å². The highest BCUT2D eigenvalue weighted by molar-refractivity contribution is 7.46. The quantitative estimate of drug-likeness (QED) is 0.458. The van der Waals surface area contributed by atoms with Gasteiger partial charge < -0.3 is 9.26 Å². The van der Waals surface area contributed by atoms with Crippen molar-refractivity contribution in [1.82, 2.24) is 0 Å². The van der Waals surface area contributed by atoms with Gasteiger partial charge in [0.1, 0.15) is 16.7 Å². The van der Waals surface area contributed by atoms with Crippen molar-refractivity contribution >= 4 is 19.2 Å². The van der Waals surface area contributed by atoms with Crippen molar-refractivity contribution in [3.05, 3.63) is 40.8 Å². The summed E-state index contributed by atoms with van der Waals surface area (Å²) in [6.07, 6.45) is 5.62. The average Bonchev–Trinajstić information content (AvgIpc) is 3.21. The van der Waals surface area contributed by atoms with Crippen LogP contribution >= 0.6 is 19.2 Å². The smallest absolute Gasteiger partial charge is 0.404 e. The number of ether oxygens (including phenoxy) is 1. The van der Waals surface area contributed by atoms with E-state index >= 15 is 0 Å². The molecule has 0 radical (unpaired) electrons. The van der Waals surface area contributed by atoms with E-state index in [9.17, 15) is 19.6 Å². The second-order valence-electron chi connectivity index (χ2n) is 9.65. The van der Waals surface area contributed by atoms with E-state index in [1.807, 2.05) is 6.07 Å². The number of thiophene rings is 1. The first-order valence-electron chi connectivity index (χ1n) is 11.1. The molecular weight excluding hydrogens is 465 g/mol. The third-order valence-corrected chi connectivity index (χ3v) is 9.47. The predicted molar refractivity (Wildman–Crippen MR) is 118 cm³/mol. The van der Waals surface area contributed by atoms with Crippen LogP contribution < -0.4 is 4.52 Å². The van der Waals surface area contributed by atoms with Gasteiger partial charge in [0, 0.05) is 23.1 Å². The fourth-order valence-electron chi connectivity index (χ4n) is 7.03. The number of nitriles is 1. The van der Waals surface area contributed by atoms with E-state index < -0.39 is 19.2 Å². The Hall–Kier alpha value is -1.76. The molecule has 1 saturated heterocycles. The van der Waals surface area contributed by atoms with E-state index in [4.69, 9.17) is 19.0 Å². The van der Waals surface area contributed by atoms with Gasteiger partial charge in [-0.25, -0.2) is 9.45 Å². The third-order valence-electron chi connectivity index (χ3n) is 8.01. The van der Waals surface area contributed by atoms with Crippen LogP contribution in [0.5, 0.6) is 5.75 Å². The number of rotatable bonds is 5. The van der Waals surface area contributed by atoms with Crippen LogP contribution in [0.2, 0.25) is 0 Å². The molecule has 4 bridgehead atoms. The van der Waals surface area contributed by atoms with Crippen LogP contribution in [-0.2, 0) is 24.9 Å². The number of methoxy groups -OCH3 is 1. The maximum absolute atomic E-state index is 11.8. The van der Waals surface area contributed by atoms with Crippen molar-refractivity contribution in [2.75, 3.05) is 7.11 Å². The Morgan fingerprint density at radius 3 is 2.30 bits per heavy atom. The van der Waals surface area contributed by atoms with Gasteiger partial charge >= 0.3 is 7.82 Å². The lowest BCUT2D eigenvalue weighted by atomic mass is 9.47. The molecule has 1 spiro atoms. The van der Waals surface area contributed by atoms with Gasteiger partial charge in [-0.3, -0.25) is 9.79 Å². The van der Waals surface area contributed by atoms with Crippen LogP contribution in [0.25, 0.3) is 10.4 Å². The summed E-state index contributed by atoms with van der Waals surface area (Å²) >= 11 is 1.22. The molecule has 0 amide bonds. The summed E-state index contributed by atoms with van der Waals surface area (Å²) in [4.78, 5) is 32.1. The molecule has 4 saturated carbocycles. The zero-order valence-corrected chi connectivity index (χ0v) is 19.7. The summed E-state index contributed by atoms with van der Waals surface area (Å²) in [5.41, 5.74) is 0.472. The molecule has 1 atom stereocenters. The van der Waals surface area contributed by atoms with Crippen LogP contribution in [-0.4, -0.2) is 22.5 Å². The third kappa shape index (κ3) is 3.10. The molecule has 10 heteroatoms. The number of hydrogen-bond donors (Lipinski definition) is 2. The number of phosphoric ester groups is 1. The van der Waals surface area contributed by atoms with Crippen LogP contribution in [0.4, 0.5) is 0 Å². The molecule has 1 unspecified atom stereocenters. The number of phosphoric acid groups is 1. The van der Waals surface area contributed by atoms with Gasteiger partial charge in [-0.05, 0) is 80.0 Å². The van der Waals surface area contributed by atoms with Gasteiger partial charge in [0.15, 0.2) is 5.60 Å². The molecular formula is C23H24NO7PS. The normalized spacial score (nSPS) is 36.5. The second kappa shape index (κ2) is 7.37. The van der Waals surface area contributed by atoms with Crippen LogP contribution in [0.15, 0.2) is 30.3 Å². The summed E-state index contributed by atoms with van der Waals surface area (Å²) in [6.45, 7) is 0. The maximum atomic E-state index is 11.8. The molecule has 1 aromatic heterocycles. The number of benzene rings is 1. The van der Waals surface area contributed by atoms with Gasteiger partial charge in [-0.15, -0.1) is 11.3 Å². The van der Waals surface area contributed by atoms with E-state index in [0.29, 0.717) is 32.7 Å². The van der Waals surface area contributed by atoms with Crippen LogP contribution in [0, 0.1) is 35.0 Å². The first-order chi connectivity index (χ1) is 15.8. The average molecular weight is 489 g/mol. The highest BCUT2D eigenvalue weighted by atomic mass is 32.1. The van der Waals surface area contributed by atoms with Gasteiger partial charge in [0.25, 0.3) is 5.79 Å². The minimum absolute atomic E-state index is 0.0121. The lowest BCUT2D eigenvalue weighted by Crippen LogP contribution is -2.76. The van der Waals surface area contributed by atoms with E-state index in [1.54, 1.807) is 31.4 Å². The highest BCUT2D eigenvalue weighted by Gasteiger charge is 2.76. The van der Waals surface area contributed by atoms with Crippen molar-refractivity contribution in [3.63, 3.8) is 0 Å². The molecule has 8 nitrogen and oxygen atoms in total. The number of nitrogens with zero attached hydrogens (tertiary/aromatic N) is 1. The van der Waals surface area contributed by atoms with Crippen molar-refractivity contribution in [1.29, 1.82) is 5.26 Å². The molecule has 2 N–H and O–H groups in total. The second-order valence-corrected chi connectivity index (χ2v) is 11.9. The minimum Gasteiger partial charge on any atom is -0.404 e. The molecule has 1 aromatic carbocycles. The van der Waals surface area contributed by atoms with Crippen molar-refractivity contribution in [2.45, 2.75) is 43.5 Å². The fraction of sp³-hybridized carbons (Fsp3) is 0.522. The zero-order valence-electron chi connectivity index (χ0n) is 18.0. The van der Waals surface area contributed by atoms with E-state index in [1.165, 1.54) is 17.8 Å². The summed E-state index contributed by atoms with van der Waals surface area (Å²) < 4.78 is 23.0. The minimum atomic E-state index is -4.84. The lowest BCUT2D eigenvalue weighted by molar-refractivity contribution is -0.645. The molecule has 7 rings (SSSR count). The lowest BCUT2D eigenvalue weighted by Gasteiger charge is -2.68. The summed E-state index contributed by atoms with van der Waals surface area (Å²) in [7, 11) is -3.25. The zero-order chi connectivity index (χ0) is 23.0. The standard InChI is InChI=1S/C23H24NO7PS/c1-28-23(22(30-31-23)16-7-13-6-14(9-16)10-17(22)8-13)15-2-4-19(20(11-15)29-32(25,26)27)21-5-3-18(12-24)33-21/h2-5,11,13-14,16-17H,6-10H2,1H3,(H2,25,26,27). The Labute approximate surface area is 195 Å². The Morgan fingerprint density at radius 2 is 1.79 bits per heavy atom. The maximum Gasteiger partial charge on any atom is 0.524 e. The molecule has 33 heavy (non-hydrogen) atoms. The Morgan fingerprint density at radius 1 is 1.09 bits per heavy atom. The monoisotopic (exact) mass is 489 g/mol. The summed E-state index contributed by atoms with van der Waals surface area (Å²) in [5.74, 6) is 0.904. The molecule has 1 aliphatic heterocycles. The van der Waals surface area contributed by atoms with Gasteiger partial charge in [0.05, 0.1) is 0 Å². The summed E-state index contributed by atoms with van der Waals surface area (Å²) in [6, 6.07) is 10.6. The fourth-order valence-corrected chi connectivity index (χ4v) is 8.27. The molecule has 4 aliphatic carbocycles. The van der Waals surface area contributed by atoms with E-state index in [0.717, 1.165) is 37.5 Å². The van der Waals surface area contributed by atoms with Crippen molar-refractivity contribution < 1.29 is 33.4 Å². The molecule has 2 aromatic rings.